The van der Waals surface area contributed by atoms with E-state index in [9.17, 15) is 0 Å². The normalized spacial score (nSPS) is 12.6. The maximum absolute atomic E-state index is 5.45. The van der Waals surface area contributed by atoms with Crippen LogP contribution in [-0.2, 0) is 75.8 Å². The minimum absolute atomic E-state index is 0.0503. The van der Waals surface area contributed by atoms with Gasteiger partial charge in [-0.25, -0.2) is 0 Å². The maximum Gasteiger partial charge on any atom is 0.0598 e. The molecule has 16 nitrogen and oxygen atoms in total. The van der Waals surface area contributed by atoms with Gasteiger partial charge in [0.25, 0.3) is 0 Å². The molecule has 0 spiro atoms. The van der Waals surface area contributed by atoms with Crippen molar-refractivity contribution in [1.29, 1.82) is 0 Å². The number of methoxy groups -OCH3 is 4. The first-order valence-corrected chi connectivity index (χ1v) is 43.2. The summed E-state index contributed by atoms with van der Waals surface area (Å²) in [5.41, 5.74) is 0.0503. The first kappa shape index (κ1) is 141. The van der Waals surface area contributed by atoms with Crippen LogP contribution < -0.4 is 0 Å². The lowest BCUT2D eigenvalue weighted by molar-refractivity contribution is 0.00530. The molecule has 0 N–H and O–H groups in total. The minimum atomic E-state index is 0.0503. The lowest BCUT2D eigenvalue weighted by Crippen LogP contribution is -2.18. The largest absolute Gasteiger partial charge is 0.385 e. The van der Waals surface area contributed by atoms with Crippen molar-refractivity contribution in [2.45, 2.75) is 453 Å². The maximum atomic E-state index is 5.45. The Kier molecular flexibility index (Phi) is 177. The SMILES string of the molecule is CCC(C)OC.CCCC(C)OC.CCCCOCC.CCCOC(C)C.CCCOC(C)C(C)C.CCCOC(C)CC.CCCOCC.CCOC.CCOC(C)(C)C.CCOC(C)C.CCOC(C)C.CCOC(C)C(C)C.CCOC(C)CC.CCOC1CCCC1.CCOCC.COC(C)C. The van der Waals surface area contributed by atoms with Crippen LogP contribution in [0.4, 0.5) is 0 Å². The zero-order chi connectivity index (χ0) is 86.2. The molecule has 1 fully saturated rings. The zero-order valence-corrected chi connectivity index (χ0v) is 81.5. The van der Waals surface area contributed by atoms with E-state index in [4.69, 9.17) is 71.1 Å². The topological polar surface area (TPSA) is 148 Å². The minimum Gasteiger partial charge on any atom is -0.385 e. The molecule has 1 aliphatic carbocycles. The quantitative estimate of drug-likeness (QED) is 0.0535. The lowest BCUT2D eigenvalue weighted by Gasteiger charge is -2.17. The molecule has 0 saturated heterocycles. The molecule has 6 unspecified atom stereocenters. The highest BCUT2D eigenvalue weighted by molar-refractivity contribution is 4.66. The van der Waals surface area contributed by atoms with Gasteiger partial charge >= 0.3 is 0 Å². The Bertz CT molecular complexity index is 1200. The summed E-state index contributed by atoms with van der Waals surface area (Å²) in [7, 11) is 6.86. The highest BCUT2D eigenvalue weighted by atomic mass is 16.5. The molecule has 0 amide bonds. The molecule has 666 valence electrons. The number of ether oxygens (including phenoxy) is 16. The summed E-state index contributed by atoms with van der Waals surface area (Å²) in [6, 6.07) is 0. The fraction of sp³-hybridized carbons (Fsp3) is 1.00. The Morgan fingerprint density at radius 3 is 0.802 bits per heavy atom. The van der Waals surface area contributed by atoms with E-state index in [0.29, 0.717) is 79.0 Å². The summed E-state index contributed by atoms with van der Waals surface area (Å²) in [6.07, 6.45) is 22.9. The Labute approximate surface area is 671 Å². The zero-order valence-electron chi connectivity index (χ0n) is 81.5. The van der Waals surface area contributed by atoms with E-state index in [2.05, 4.69) is 178 Å². The first-order chi connectivity index (χ1) is 49.8. The van der Waals surface area contributed by atoms with E-state index in [-0.39, 0.29) is 5.60 Å². The summed E-state index contributed by atoms with van der Waals surface area (Å²) >= 11 is 0. The van der Waals surface area contributed by atoms with Crippen LogP contribution in [-0.4, -0.2) is 207 Å². The molecule has 0 radical (unpaired) electrons. The first-order valence-electron chi connectivity index (χ1n) is 43.2. The third-order valence-electron chi connectivity index (χ3n) is 13.7. The van der Waals surface area contributed by atoms with E-state index in [1.807, 2.05) is 111 Å². The predicted octanol–water partition coefficient (Wildman–Crippen LogP) is 26.3. The van der Waals surface area contributed by atoms with Crippen LogP contribution in [0, 0.1) is 11.8 Å². The number of unbranched alkanes of at least 4 members (excludes halogenated alkanes) is 1. The average Bonchev–Trinajstić information content (AvgIpc) is 1.87. The second kappa shape index (κ2) is 134. The van der Waals surface area contributed by atoms with E-state index in [1.165, 1.54) is 51.4 Å². The second-order valence-electron chi connectivity index (χ2n) is 27.5. The van der Waals surface area contributed by atoms with Crippen LogP contribution in [0.15, 0.2) is 0 Å². The number of hydrogen-bond donors (Lipinski definition) is 0. The van der Waals surface area contributed by atoms with Gasteiger partial charge in [-0.3, -0.25) is 0 Å². The van der Waals surface area contributed by atoms with Crippen LogP contribution >= 0.6 is 0 Å². The van der Waals surface area contributed by atoms with Crippen LogP contribution in [0.25, 0.3) is 0 Å². The molecular weight excluding hydrogens is 1340 g/mol. The highest BCUT2D eigenvalue weighted by Crippen LogP contribution is 2.20. The Balaban J connectivity index is -0.0000000643. The van der Waals surface area contributed by atoms with Gasteiger partial charge in [0.1, 0.15) is 0 Å². The van der Waals surface area contributed by atoms with Crippen molar-refractivity contribution in [1.82, 2.24) is 0 Å². The monoisotopic (exact) mass is 1550 g/mol. The van der Waals surface area contributed by atoms with E-state index in [1.54, 1.807) is 28.4 Å². The molecule has 16 heteroatoms. The van der Waals surface area contributed by atoms with Gasteiger partial charge in [0.15, 0.2) is 0 Å². The van der Waals surface area contributed by atoms with Crippen molar-refractivity contribution in [2.75, 3.05) is 134 Å². The number of rotatable bonds is 40. The summed E-state index contributed by atoms with van der Waals surface area (Å²) in [6.45, 7) is 98.7. The van der Waals surface area contributed by atoms with E-state index >= 15 is 0 Å². The third-order valence-corrected chi connectivity index (χ3v) is 13.7. The fourth-order valence-electron chi connectivity index (χ4n) is 6.11. The summed E-state index contributed by atoms with van der Waals surface area (Å²) < 4.78 is 81.3. The number of hydrogen-bond acceptors (Lipinski definition) is 16. The second-order valence-corrected chi connectivity index (χ2v) is 27.5. The van der Waals surface area contributed by atoms with Gasteiger partial charge in [-0.1, -0.05) is 116 Å². The van der Waals surface area contributed by atoms with Crippen molar-refractivity contribution < 1.29 is 75.8 Å². The van der Waals surface area contributed by atoms with Crippen molar-refractivity contribution in [3.63, 3.8) is 0 Å². The molecule has 1 rings (SSSR count). The highest BCUT2D eigenvalue weighted by Gasteiger charge is 2.13. The summed E-state index contributed by atoms with van der Waals surface area (Å²) in [4.78, 5) is 0. The lowest BCUT2D eigenvalue weighted by atomic mass is 10.1. The van der Waals surface area contributed by atoms with Crippen LogP contribution in [0.3, 0.4) is 0 Å². The summed E-state index contributed by atoms with van der Waals surface area (Å²) in [5, 5.41) is 0. The van der Waals surface area contributed by atoms with Gasteiger partial charge < -0.3 is 75.8 Å². The molecule has 0 aromatic heterocycles. The molecule has 1 saturated carbocycles. The van der Waals surface area contributed by atoms with Gasteiger partial charge in [-0.15, -0.1) is 0 Å². The van der Waals surface area contributed by atoms with Crippen molar-refractivity contribution >= 4 is 0 Å². The molecule has 0 bridgehead atoms. The molecular formula is C90H210O16. The predicted molar refractivity (Wildman–Crippen MR) is 472 cm³/mol. The van der Waals surface area contributed by atoms with Gasteiger partial charge in [0.2, 0.25) is 0 Å². The van der Waals surface area contributed by atoms with Crippen molar-refractivity contribution in [3.8, 4) is 0 Å². The van der Waals surface area contributed by atoms with Crippen LogP contribution in [0.5, 0.6) is 0 Å². The Morgan fingerprint density at radius 2 is 0.632 bits per heavy atom. The molecule has 6 atom stereocenters. The van der Waals surface area contributed by atoms with Crippen molar-refractivity contribution in [2.24, 2.45) is 11.8 Å². The molecule has 106 heavy (non-hydrogen) atoms. The Morgan fingerprint density at radius 1 is 0.292 bits per heavy atom. The summed E-state index contributed by atoms with van der Waals surface area (Å²) in [5.74, 6) is 1.30. The average molecular weight is 1550 g/mol. The Hall–Kier alpha value is -0.640. The third kappa shape index (κ3) is 219. The molecule has 0 aliphatic heterocycles. The van der Waals surface area contributed by atoms with E-state index < -0.39 is 0 Å². The molecule has 1 aliphatic rings. The van der Waals surface area contributed by atoms with E-state index in [0.717, 1.165) is 151 Å². The van der Waals surface area contributed by atoms with Gasteiger partial charge in [-0.2, -0.15) is 0 Å². The van der Waals surface area contributed by atoms with Gasteiger partial charge in [-0.05, 0) is 276 Å². The fourth-order valence-corrected chi connectivity index (χ4v) is 6.11. The smallest absolute Gasteiger partial charge is 0.0598 e. The standard InChI is InChI=1S/C8H18O.C7H14O.2C7H16O.5C6H14O.4C5H12O.2C4H10O.C3H8O/c1-5-6-9-8(4)7(2)3;1-2-8-7-5-3-4-6-7;1-5-8-7(4)6(2)3;1-4-6-8-7(3)5-2;1-5-7-6(2,3)4;1-4-5-6(2)7-3;1-4-5-7-6(2)3;1-4-6(3)7-5-2;1-3-5-6-7-4-2;1-4-5(2)6-3;2*1-4-6-5(2)3;1-3-5-6-4-2;1-4(2)5-3;1-3-5-4-2;1-3-4-2/h7-8H,5-6H2,1-4H3;7H,2-6H2,1H3;6-7H,5H2,1-4H3;7H,4-6H2,1-3H3;5H2,1-4H3;3*6H,4-5H2,1-3H3;3-6H2,1-2H3;3*5H,4H2,1-3H3;3-5H2,1-2H3;4H,1-3H3;3-4H2,1-2H3;3H2,1-2H3. The molecule has 0 heterocycles. The van der Waals surface area contributed by atoms with Crippen LogP contribution in [0.1, 0.15) is 380 Å². The van der Waals surface area contributed by atoms with Crippen molar-refractivity contribution in [3.05, 3.63) is 0 Å². The van der Waals surface area contributed by atoms with Crippen LogP contribution in [0.2, 0.25) is 0 Å². The van der Waals surface area contributed by atoms with Gasteiger partial charge in [0.05, 0.1) is 72.7 Å². The molecule has 0 aromatic carbocycles. The molecule has 0 aromatic rings. The van der Waals surface area contributed by atoms with Gasteiger partial charge in [0, 0.05) is 134 Å².